The number of nitrogens with zero attached hydrogens (tertiary/aromatic N) is 1. The van der Waals surface area contributed by atoms with Gasteiger partial charge in [0.25, 0.3) is 10.1 Å². The van der Waals surface area contributed by atoms with Gasteiger partial charge in [0.05, 0.1) is 22.9 Å². The largest absolute Gasteiger partial charge is 0.744 e. The molecule has 0 fully saturated rings. The number of fused-ring (bicyclic) bond motifs is 2. The third-order valence-corrected chi connectivity index (χ3v) is 8.81. The van der Waals surface area contributed by atoms with Crippen molar-refractivity contribution < 1.29 is 35.6 Å². The van der Waals surface area contributed by atoms with Crippen LogP contribution in [0.5, 0.6) is 5.75 Å². The summed E-state index contributed by atoms with van der Waals surface area (Å²) in [4.78, 5) is 2.04. The highest BCUT2D eigenvalue weighted by molar-refractivity contribution is 7.86. The van der Waals surface area contributed by atoms with Crippen LogP contribution in [-0.4, -0.2) is 58.2 Å². The van der Waals surface area contributed by atoms with Gasteiger partial charge in [-0.15, -0.1) is 0 Å². The molecule has 1 unspecified atom stereocenters. The van der Waals surface area contributed by atoms with Crippen molar-refractivity contribution in [1.82, 2.24) is 0 Å². The van der Waals surface area contributed by atoms with Gasteiger partial charge in [-0.2, -0.15) is 8.42 Å². The van der Waals surface area contributed by atoms with Crippen molar-refractivity contribution >= 4 is 31.5 Å². The molecule has 0 spiro atoms. The van der Waals surface area contributed by atoms with E-state index in [1.807, 2.05) is 50.3 Å². The maximum atomic E-state index is 12.4. The fraction of sp³-hybridized carbons (Fsp3) is 0.333. The van der Waals surface area contributed by atoms with E-state index in [1.54, 1.807) is 0 Å². The summed E-state index contributed by atoms with van der Waals surface area (Å²) in [5.41, 5.74) is 2.54. The molecule has 1 aliphatic heterocycles. The Kier molecular flexibility index (Phi) is 7.87. The number of ether oxygens (including phenoxy) is 1. The van der Waals surface area contributed by atoms with Crippen LogP contribution in [0.2, 0.25) is 0 Å². The molecule has 204 valence electrons. The summed E-state index contributed by atoms with van der Waals surface area (Å²) in [5, 5.41) is 0. The van der Waals surface area contributed by atoms with Crippen LogP contribution in [0.15, 0.2) is 75.7 Å². The number of anilines is 1. The number of allylic oxidation sites excluding steroid dienone is 1. The fourth-order valence-electron chi connectivity index (χ4n) is 5.08. The Balaban J connectivity index is 2.03. The molecule has 2 aliphatic rings. The first-order valence-electron chi connectivity index (χ1n) is 12.6. The first-order valence-corrected chi connectivity index (χ1v) is 15.4. The molecular weight excluding hydrogens is 528 g/mol. The highest BCUT2D eigenvalue weighted by Gasteiger charge is 2.32. The van der Waals surface area contributed by atoms with Crippen molar-refractivity contribution in [3.05, 3.63) is 77.1 Å². The molecular formula is C27H32N2O7S2. The van der Waals surface area contributed by atoms with E-state index >= 15 is 0 Å². The Morgan fingerprint density at radius 2 is 1.63 bits per heavy atom. The minimum absolute atomic E-state index is 0.0298. The van der Waals surface area contributed by atoms with Crippen LogP contribution in [-0.2, 0) is 20.2 Å². The van der Waals surface area contributed by atoms with E-state index in [-0.39, 0.29) is 11.6 Å². The quantitative estimate of drug-likeness (QED) is 0.448. The van der Waals surface area contributed by atoms with Crippen molar-refractivity contribution in [2.24, 2.45) is 0 Å². The molecule has 0 bridgehead atoms. The molecule has 38 heavy (non-hydrogen) atoms. The van der Waals surface area contributed by atoms with Gasteiger partial charge in [-0.1, -0.05) is 6.07 Å². The highest BCUT2D eigenvalue weighted by atomic mass is 32.2. The standard InChI is InChI=1S/C27H32N2O7S2/c1-5-28(6-2)18-9-12-21-24(15-18)36-25-16-19(29(7-3)8-4)10-13-22(25)27(21)23-14-11-20(37(30,31)32)17-26(23)38(33,34)35/h9-18H,5-8H2,1-4H3,(H,30,31,32)(H,33,34,35). The van der Waals surface area contributed by atoms with E-state index in [9.17, 15) is 25.9 Å². The van der Waals surface area contributed by atoms with E-state index in [2.05, 4.69) is 18.7 Å². The third kappa shape index (κ3) is 5.29. The molecule has 1 heterocycles. The van der Waals surface area contributed by atoms with E-state index in [1.165, 1.54) is 11.0 Å². The molecule has 0 amide bonds. The van der Waals surface area contributed by atoms with Crippen molar-refractivity contribution in [3.8, 4) is 5.75 Å². The lowest BCUT2D eigenvalue weighted by atomic mass is 9.86. The number of rotatable bonds is 9. The van der Waals surface area contributed by atoms with Gasteiger partial charge in [0.2, 0.25) is 0 Å². The zero-order chi connectivity index (χ0) is 27.8. The molecule has 2 N–H and O–H groups in total. The maximum absolute atomic E-state index is 12.4. The zero-order valence-corrected chi connectivity index (χ0v) is 23.4. The number of nitrogens with one attached hydrogen (secondary N) is 1. The van der Waals surface area contributed by atoms with E-state index in [0.717, 1.165) is 37.9 Å². The summed E-state index contributed by atoms with van der Waals surface area (Å²) in [7, 11) is -9.86. The van der Waals surface area contributed by atoms with Gasteiger partial charge in [0, 0.05) is 53.2 Å². The first kappa shape index (κ1) is 28.1. The minimum Gasteiger partial charge on any atom is -0.744 e. The number of hydrogen-bond acceptors (Lipinski definition) is 7. The van der Waals surface area contributed by atoms with Crippen molar-refractivity contribution in [1.29, 1.82) is 0 Å². The predicted molar refractivity (Wildman–Crippen MR) is 144 cm³/mol. The summed E-state index contributed by atoms with van der Waals surface area (Å²) in [6.45, 7) is 11.6. The summed E-state index contributed by atoms with van der Waals surface area (Å²) >= 11 is 0. The van der Waals surface area contributed by atoms with Crippen LogP contribution in [0.4, 0.5) is 5.69 Å². The van der Waals surface area contributed by atoms with Gasteiger partial charge in [-0.05, 0) is 64.1 Å². The molecule has 0 saturated carbocycles. The number of quaternary nitrogens is 1. The molecule has 9 nitrogen and oxygen atoms in total. The summed E-state index contributed by atoms with van der Waals surface area (Å²) in [6.07, 6.45) is 5.86. The second-order valence-corrected chi connectivity index (χ2v) is 11.9. The first-order chi connectivity index (χ1) is 17.9. The van der Waals surface area contributed by atoms with Crippen LogP contribution in [0.25, 0.3) is 5.57 Å². The summed E-state index contributed by atoms with van der Waals surface area (Å²) in [5.74, 6) is 1.03. The molecule has 4 rings (SSSR count). The van der Waals surface area contributed by atoms with Gasteiger partial charge >= 0.3 is 0 Å². The Bertz CT molecular complexity index is 1550. The van der Waals surface area contributed by atoms with E-state index in [0.29, 0.717) is 34.3 Å². The normalized spacial score (nSPS) is 17.1. The van der Waals surface area contributed by atoms with Crippen molar-refractivity contribution in [2.75, 3.05) is 31.1 Å². The molecule has 0 radical (unpaired) electrons. The van der Waals surface area contributed by atoms with Crippen molar-refractivity contribution in [3.63, 3.8) is 0 Å². The number of hydrogen-bond donors (Lipinski definition) is 2. The number of benzene rings is 2. The molecule has 11 heteroatoms. The van der Waals surface area contributed by atoms with Gasteiger partial charge in [0.15, 0.2) is 0 Å². The highest BCUT2D eigenvalue weighted by Crippen LogP contribution is 2.46. The van der Waals surface area contributed by atoms with Crippen LogP contribution in [0.1, 0.15) is 38.8 Å². The average molecular weight is 561 g/mol. The Morgan fingerprint density at radius 1 is 0.974 bits per heavy atom. The minimum atomic E-state index is -5.12. The number of likely N-dealkylation sites (N-methyl/N-ethyl adjacent to an activating group) is 1. The topological polar surface area (TPSA) is 128 Å². The smallest absolute Gasteiger partial charge is 0.294 e. The Labute approximate surface area is 224 Å². The van der Waals surface area contributed by atoms with Gasteiger partial charge < -0.3 is 19.1 Å². The summed E-state index contributed by atoms with van der Waals surface area (Å²) in [6, 6.07) is 8.67. The molecule has 0 aromatic heterocycles. The molecule has 0 saturated heterocycles. The lowest BCUT2D eigenvalue weighted by Gasteiger charge is -2.32. The average Bonchev–Trinajstić information content (AvgIpc) is 2.87. The zero-order valence-electron chi connectivity index (χ0n) is 21.8. The Hall–Kier alpha value is -2.96. The molecule has 1 aliphatic carbocycles. The van der Waals surface area contributed by atoms with Crippen molar-refractivity contribution in [2.45, 2.75) is 43.5 Å². The van der Waals surface area contributed by atoms with Crippen LogP contribution in [0, 0.1) is 0 Å². The monoisotopic (exact) mass is 560 g/mol. The Morgan fingerprint density at radius 3 is 2.21 bits per heavy atom. The second kappa shape index (κ2) is 10.7. The van der Waals surface area contributed by atoms with E-state index < -0.39 is 30.0 Å². The van der Waals surface area contributed by atoms with Gasteiger partial charge in [-0.25, -0.2) is 8.42 Å². The van der Waals surface area contributed by atoms with Crippen LogP contribution >= 0.6 is 0 Å². The predicted octanol–water partition coefficient (Wildman–Crippen LogP) is 2.62. The van der Waals surface area contributed by atoms with E-state index in [4.69, 9.17) is 4.74 Å². The SMILES string of the molecule is CCN(CC)c1ccc2c(c1)OC1=CC([NH+](CC)CC)C=CC1=C2c1ccc(S(=O)(=O)O)cc1S(=O)(=O)[O-]. The van der Waals surface area contributed by atoms with Gasteiger partial charge in [0.1, 0.15) is 27.7 Å². The van der Waals surface area contributed by atoms with Crippen LogP contribution in [0.3, 0.4) is 0 Å². The summed E-state index contributed by atoms with van der Waals surface area (Å²) < 4.78 is 76.4. The maximum Gasteiger partial charge on any atom is 0.294 e. The molecule has 2 aromatic rings. The lowest BCUT2D eigenvalue weighted by Crippen LogP contribution is -3.14. The lowest BCUT2D eigenvalue weighted by molar-refractivity contribution is -0.908. The van der Waals surface area contributed by atoms with Gasteiger partial charge in [-0.3, -0.25) is 4.55 Å². The molecule has 2 aromatic carbocycles. The fourth-order valence-corrected chi connectivity index (χ4v) is 6.37. The van der Waals surface area contributed by atoms with Crippen LogP contribution < -0.4 is 14.5 Å². The second-order valence-electron chi connectivity index (χ2n) is 9.11. The third-order valence-electron chi connectivity index (χ3n) is 7.09. The molecule has 1 atom stereocenters.